The molecule has 2 aromatic heterocycles. The number of hydrogen-bond acceptors (Lipinski definition) is 4. The normalized spacial score (nSPS) is 12.4. The lowest BCUT2D eigenvalue weighted by Crippen LogP contribution is -2.11. The third kappa shape index (κ3) is 1.98. The lowest BCUT2D eigenvalue weighted by Gasteiger charge is -2.14. The summed E-state index contributed by atoms with van der Waals surface area (Å²) in [5.74, 6) is 1.28. The summed E-state index contributed by atoms with van der Waals surface area (Å²) in [6.45, 7) is 1.91. The predicted octanol–water partition coefficient (Wildman–Crippen LogP) is 1.54. The zero-order chi connectivity index (χ0) is 11.5. The molecule has 2 heterocycles. The smallest absolute Gasteiger partial charge is 0.237 e. The second-order valence-electron chi connectivity index (χ2n) is 3.55. The second kappa shape index (κ2) is 4.22. The number of hydrogen-bond donors (Lipinski definition) is 1. The lowest BCUT2D eigenvalue weighted by atomic mass is 10.3. The Bertz CT molecular complexity index is 480. The van der Waals surface area contributed by atoms with Crippen LogP contribution < -0.4 is 10.5 Å². The Morgan fingerprint density at radius 1 is 1.38 bits per heavy atom. The van der Waals surface area contributed by atoms with Gasteiger partial charge in [0, 0.05) is 25.6 Å². The second-order valence-corrected chi connectivity index (χ2v) is 3.55. The quantitative estimate of drug-likeness (QED) is 0.848. The van der Waals surface area contributed by atoms with E-state index in [2.05, 4.69) is 9.97 Å². The molecule has 0 aliphatic heterocycles. The van der Waals surface area contributed by atoms with Gasteiger partial charge in [-0.15, -0.1) is 0 Å². The number of aromatic nitrogens is 3. The molecule has 0 aliphatic rings. The first-order valence-corrected chi connectivity index (χ1v) is 5.03. The molecule has 2 rings (SSSR count). The molecule has 2 aromatic rings. The first-order chi connectivity index (χ1) is 7.68. The first kappa shape index (κ1) is 10.5. The number of pyridine rings is 1. The standard InChI is InChI=1S/C11H14N4O/c1-8(10-13-6-7-15(10)2)16-11-9(12)4-3-5-14-11/h3-8H,12H2,1-2H3. The van der Waals surface area contributed by atoms with Gasteiger partial charge in [0.2, 0.25) is 5.88 Å². The van der Waals surface area contributed by atoms with Crippen molar-refractivity contribution in [2.45, 2.75) is 13.0 Å². The molecule has 1 unspecified atom stereocenters. The molecule has 0 saturated carbocycles. The third-order valence-corrected chi connectivity index (χ3v) is 2.31. The summed E-state index contributed by atoms with van der Waals surface area (Å²) in [6, 6.07) is 3.53. The zero-order valence-electron chi connectivity index (χ0n) is 9.29. The molecule has 16 heavy (non-hydrogen) atoms. The van der Waals surface area contributed by atoms with Crippen LogP contribution in [0, 0.1) is 0 Å². The molecule has 0 bridgehead atoms. The Morgan fingerprint density at radius 3 is 2.81 bits per heavy atom. The molecule has 0 radical (unpaired) electrons. The Balaban J connectivity index is 2.17. The Kier molecular flexibility index (Phi) is 2.76. The van der Waals surface area contributed by atoms with E-state index in [1.807, 2.05) is 24.7 Å². The number of aryl methyl sites for hydroxylation is 1. The number of anilines is 1. The van der Waals surface area contributed by atoms with Crippen molar-refractivity contribution in [3.63, 3.8) is 0 Å². The van der Waals surface area contributed by atoms with Crippen molar-refractivity contribution in [3.8, 4) is 5.88 Å². The predicted molar refractivity (Wildman–Crippen MR) is 60.9 cm³/mol. The van der Waals surface area contributed by atoms with Gasteiger partial charge in [-0.25, -0.2) is 9.97 Å². The summed E-state index contributed by atoms with van der Waals surface area (Å²) in [7, 11) is 1.92. The lowest BCUT2D eigenvalue weighted by molar-refractivity contribution is 0.205. The van der Waals surface area contributed by atoms with Crippen LogP contribution in [0.5, 0.6) is 5.88 Å². The topological polar surface area (TPSA) is 66.0 Å². The van der Waals surface area contributed by atoms with Gasteiger partial charge in [-0.3, -0.25) is 0 Å². The highest BCUT2D eigenvalue weighted by Gasteiger charge is 2.13. The molecular formula is C11H14N4O. The van der Waals surface area contributed by atoms with Gasteiger partial charge < -0.3 is 15.0 Å². The van der Waals surface area contributed by atoms with Crippen LogP contribution in [0.25, 0.3) is 0 Å². The largest absolute Gasteiger partial charge is 0.465 e. The van der Waals surface area contributed by atoms with Crippen molar-refractivity contribution >= 4 is 5.69 Å². The maximum Gasteiger partial charge on any atom is 0.237 e. The molecule has 5 heteroatoms. The fourth-order valence-electron chi connectivity index (χ4n) is 1.49. The van der Waals surface area contributed by atoms with Gasteiger partial charge in [-0.1, -0.05) is 0 Å². The van der Waals surface area contributed by atoms with Gasteiger partial charge in [0.1, 0.15) is 5.82 Å². The van der Waals surface area contributed by atoms with E-state index in [1.54, 1.807) is 24.5 Å². The van der Waals surface area contributed by atoms with E-state index in [0.29, 0.717) is 11.6 Å². The minimum atomic E-state index is -0.183. The van der Waals surface area contributed by atoms with Crippen LogP contribution >= 0.6 is 0 Å². The molecule has 0 aromatic carbocycles. The summed E-state index contributed by atoms with van der Waals surface area (Å²) in [5.41, 5.74) is 6.28. The minimum Gasteiger partial charge on any atom is -0.465 e. The van der Waals surface area contributed by atoms with Gasteiger partial charge in [0.15, 0.2) is 6.10 Å². The van der Waals surface area contributed by atoms with Crippen molar-refractivity contribution in [2.24, 2.45) is 7.05 Å². The molecule has 0 fully saturated rings. The van der Waals surface area contributed by atoms with Gasteiger partial charge >= 0.3 is 0 Å². The van der Waals surface area contributed by atoms with Crippen LogP contribution in [0.4, 0.5) is 5.69 Å². The van der Waals surface area contributed by atoms with Crippen molar-refractivity contribution in [3.05, 3.63) is 36.5 Å². The molecule has 0 spiro atoms. The Hall–Kier alpha value is -2.04. The summed E-state index contributed by atoms with van der Waals surface area (Å²) < 4.78 is 7.56. The van der Waals surface area contributed by atoms with E-state index in [9.17, 15) is 0 Å². The van der Waals surface area contributed by atoms with Crippen LogP contribution in [0.15, 0.2) is 30.7 Å². The number of nitrogens with two attached hydrogens (primary N) is 1. The maximum atomic E-state index is 5.75. The van der Waals surface area contributed by atoms with Crippen molar-refractivity contribution in [1.82, 2.24) is 14.5 Å². The van der Waals surface area contributed by atoms with E-state index in [1.165, 1.54) is 0 Å². The Morgan fingerprint density at radius 2 is 2.19 bits per heavy atom. The maximum absolute atomic E-state index is 5.75. The van der Waals surface area contributed by atoms with Crippen LogP contribution in [-0.2, 0) is 7.05 Å². The van der Waals surface area contributed by atoms with E-state index in [4.69, 9.17) is 10.5 Å². The fourth-order valence-corrected chi connectivity index (χ4v) is 1.49. The number of nitrogens with zero attached hydrogens (tertiary/aromatic N) is 3. The van der Waals surface area contributed by atoms with E-state index < -0.39 is 0 Å². The number of nitrogen functional groups attached to an aromatic ring is 1. The van der Waals surface area contributed by atoms with Gasteiger partial charge in [-0.2, -0.15) is 0 Å². The molecule has 0 aliphatic carbocycles. The van der Waals surface area contributed by atoms with Crippen LogP contribution in [-0.4, -0.2) is 14.5 Å². The SMILES string of the molecule is CC(Oc1ncccc1N)c1nccn1C. The van der Waals surface area contributed by atoms with E-state index in [-0.39, 0.29) is 6.10 Å². The van der Waals surface area contributed by atoms with Crippen LogP contribution in [0.2, 0.25) is 0 Å². The summed E-state index contributed by atoms with van der Waals surface area (Å²) in [5, 5.41) is 0. The van der Waals surface area contributed by atoms with Crippen molar-refractivity contribution < 1.29 is 4.74 Å². The van der Waals surface area contributed by atoms with Gasteiger partial charge in [0.25, 0.3) is 0 Å². The average Bonchev–Trinajstić information content (AvgIpc) is 2.68. The Labute approximate surface area is 93.9 Å². The molecule has 0 amide bonds. The zero-order valence-corrected chi connectivity index (χ0v) is 9.29. The average molecular weight is 218 g/mol. The van der Waals surface area contributed by atoms with Crippen LogP contribution in [0.1, 0.15) is 18.9 Å². The van der Waals surface area contributed by atoms with Crippen molar-refractivity contribution in [2.75, 3.05) is 5.73 Å². The highest BCUT2D eigenvalue weighted by molar-refractivity contribution is 5.46. The monoisotopic (exact) mass is 218 g/mol. The first-order valence-electron chi connectivity index (χ1n) is 5.03. The molecule has 5 nitrogen and oxygen atoms in total. The highest BCUT2D eigenvalue weighted by Crippen LogP contribution is 2.22. The fraction of sp³-hybridized carbons (Fsp3) is 0.273. The van der Waals surface area contributed by atoms with E-state index >= 15 is 0 Å². The molecular weight excluding hydrogens is 204 g/mol. The minimum absolute atomic E-state index is 0.183. The van der Waals surface area contributed by atoms with Crippen LogP contribution in [0.3, 0.4) is 0 Å². The summed E-state index contributed by atoms with van der Waals surface area (Å²) >= 11 is 0. The number of imidazole rings is 1. The number of rotatable bonds is 3. The molecule has 1 atom stereocenters. The van der Waals surface area contributed by atoms with Crippen molar-refractivity contribution in [1.29, 1.82) is 0 Å². The van der Waals surface area contributed by atoms with Gasteiger partial charge in [-0.05, 0) is 19.1 Å². The van der Waals surface area contributed by atoms with Gasteiger partial charge in [0.05, 0.1) is 5.69 Å². The van der Waals surface area contributed by atoms with E-state index in [0.717, 1.165) is 5.82 Å². The molecule has 84 valence electrons. The highest BCUT2D eigenvalue weighted by atomic mass is 16.5. The third-order valence-electron chi connectivity index (χ3n) is 2.31. The summed E-state index contributed by atoms with van der Waals surface area (Å²) in [6.07, 6.45) is 5.07. The summed E-state index contributed by atoms with van der Waals surface area (Å²) in [4.78, 5) is 8.28. The molecule has 0 saturated heterocycles. The number of ether oxygens (including phenoxy) is 1. The molecule has 2 N–H and O–H groups in total.